The van der Waals surface area contributed by atoms with Gasteiger partial charge in [-0.2, -0.15) is 0 Å². The molecule has 1 heterocycles. The molecule has 20 heavy (non-hydrogen) atoms. The maximum atomic E-state index is 8.43. The van der Waals surface area contributed by atoms with E-state index in [1.807, 2.05) is 0 Å². The zero-order valence-electron chi connectivity index (χ0n) is 11.9. The van der Waals surface area contributed by atoms with E-state index < -0.39 is 0 Å². The van der Waals surface area contributed by atoms with Crippen LogP contribution in [0.4, 0.5) is 11.4 Å². The van der Waals surface area contributed by atoms with E-state index in [1.54, 1.807) is 0 Å². The molecule has 0 radical (unpaired) electrons. The lowest BCUT2D eigenvalue weighted by Gasteiger charge is -2.18. The number of amidine groups is 1. The predicted molar refractivity (Wildman–Crippen MR) is 83.6 cm³/mol. The molecule has 1 aliphatic heterocycles. The Kier molecular flexibility index (Phi) is 5.53. The zero-order chi connectivity index (χ0) is 14.2. The van der Waals surface area contributed by atoms with Gasteiger partial charge in [0.25, 0.3) is 0 Å². The largest absolute Gasteiger partial charge is 0.409 e. The first kappa shape index (κ1) is 14.5. The van der Waals surface area contributed by atoms with Gasteiger partial charge in [0.1, 0.15) is 5.84 Å². The minimum Gasteiger partial charge on any atom is -0.409 e. The summed E-state index contributed by atoms with van der Waals surface area (Å²) in [5.41, 5.74) is 7.89. The van der Waals surface area contributed by atoms with Crippen LogP contribution in [0, 0.1) is 0 Å². The summed E-state index contributed by atoms with van der Waals surface area (Å²) < 4.78 is 0. The third kappa shape index (κ3) is 4.33. The molecule has 1 aliphatic rings. The number of hydrogen-bond acceptors (Lipinski definition) is 4. The summed E-state index contributed by atoms with van der Waals surface area (Å²) >= 11 is 0. The molecular weight excluding hydrogens is 252 g/mol. The van der Waals surface area contributed by atoms with E-state index in [-0.39, 0.29) is 0 Å². The third-order valence-electron chi connectivity index (χ3n) is 3.66. The minimum atomic E-state index is 0.306. The van der Waals surface area contributed by atoms with Crippen LogP contribution in [0.3, 0.4) is 0 Å². The van der Waals surface area contributed by atoms with Crippen LogP contribution in [-0.2, 0) is 0 Å². The van der Waals surface area contributed by atoms with Crippen LogP contribution in [-0.4, -0.2) is 30.7 Å². The van der Waals surface area contributed by atoms with Crippen molar-refractivity contribution in [1.82, 2.24) is 0 Å². The van der Waals surface area contributed by atoms with E-state index in [4.69, 9.17) is 10.9 Å². The van der Waals surface area contributed by atoms with Gasteiger partial charge in [-0.3, -0.25) is 0 Å². The quantitative estimate of drug-likeness (QED) is 0.235. The Balaban J connectivity index is 1.68. The van der Waals surface area contributed by atoms with E-state index in [9.17, 15) is 0 Å². The van der Waals surface area contributed by atoms with Crippen molar-refractivity contribution >= 4 is 17.2 Å². The second kappa shape index (κ2) is 7.62. The van der Waals surface area contributed by atoms with Crippen LogP contribution in [0.15, 0.2) is 29.4 Å². The lowest BCUT2D eigenvalue weighted by Crippen LogP contribution is -2.17. The number of hydrogen-bond donors (Lipinski definition) is 3. The number of oxime groups is 1. The fourth-order valence-corrected chi connectivity index (χ4v) is 2.48. The fourth-order valence-electron chi connectivity index (χ4n) is 2.48. The van der Waals surface area contributed by atoms with Gasteiger partial charge in [-0.25, -0.2) is 0 Å². The van der Waals surface area contributed by atoms with E-state index >= 15 is 0 Å². The molecule has 5 nitrogen and oxygen atoms in total. The molecule has 0 unspecified atom stereocenters. The lowest BCUT2D eigenvalue weighted by atomic mass is 10.2. The molecule has 2 rings (SSSR count). The number of unbranched alkanes of at least 4 members (excludes halogenated alkanes) is 1. The highest BCUT2D eigenvalue weighted by Crippen LogP contribution is 2.21. The monoisotopic (exact) mass is 276 g/mol. The zero-order valence-corrected chi connectivity index (χ0v) is 11.9. The Morgan fingerprint density at radius 1 is 1.20 bits per heavy atom. The molecule has 4 N–H and O–H groups in total. The molecule has 0 amide bonds. The minimum absolute atomic E-state index is 0.306. The summed E-state index contributed by atoms with van der Waals surface area (Å²) in [6.45, 7) is 3.27. The van der Waals surface area contributed by atoms with Gasteiger partial charge in [0.15, 0.2) is 0 Å². The molecular formula is C15H24N4O. The van der Waals surface area contributed by atoms with Gasteiger partial charge < -0.3 is 21.2 Å². The summed E-state index contributed by atoms with van der Waals surface area (Å²) in [7, 11) is 0. The first-order valence-corrected chi connectivity index (χ1v) is 7.35. The van der Waals surface area contributed by atoms with E-state index in [0.717, 1.165) is 25.1 Å². The Morgan fingerprint density at radius 3 is 2.55 bits per heavy atom. The molecule has 0 aliphatic carbocycles. The number of benzene rings is 1. The molecule has 1 aromatic carbocycles. The van der Waals surface area contributed by atoms with Gasteiger partial charge >= 0.3 is 0 Å². The van der Waals surface area contributed by atoms with Gasteiger partial charge in [-0.05, 0) is 49.9 Å². The van der Waals surface area contributed by atoms with Crippen molar-refractivity contribution in [2.75, 3.05) is 29.9 Å². The van der Waals surface area contributed by atoms with Crippen LogP contribution in [0.25, 0.3) is 0 Å². The summed E-state index contributed by atoms with van der Waals surface area (Å²) in [4.78, 5) is 2.43. The first-order chi connectivity index (χ1) is 9.79. The lowest BCUT2D eigenvalue weighted by molar-refractivity contribution is 0.316. The van der Waals surface area contributed by atoms with Gasteiger partial charge in [0.05, 0.1) is 0 Å². The van der Waals surface area contributed by atoms with Crippen molar-refractivity contribution in [3.8, 4) is 0 Å². The average Bonchev–Trinajstić information content (AvgIpc) is 3.01. The molecule has 5 heteroatoms. The number of nitrogens with one attached hydrogen (secondary N) is 1. The molecule has 1 saturated heterocycles. The van der Waals surface area contributed by atoms with Gasteiger partial charge in [0, 0.05) is 37.4 Å². The van der Waals surface area contributed by atoms with E-state index in [2.05, 4.69) is 39.6 Å². The van der Waals surface area contributed by atoms with Crippen LogP contribution >= 0.6 is 0 Å². The standard InChI is InChI=1S/C15H24N4O/c16-15(18-20)5-1-2-10-17-13-6-8-14(9-7-13)19-11-3-4-12-19/h6-9,17,20H,1-5,10-12H2,(H2,16,18). The van der Waals surface area contributed by atoms with Crippen LogP contribution in [0.2, 0.25) is 0 Å². The molecule has 0 spiro atoms. The summed E-state index contributed by atoms with van der Waals surface area (Å²) in [5.74, 6) is 0.306. The van der Waals surface area contributed by atoms with Gasteiger partial charge in [0.2, 0.25) is 0 Å². The second-order valence-electron chi connectivity index (χ2n) is 5.22. The summed E-state index contributed by atoms with van der Waals surface area (Å²) in [6, 6.07) is 8.64. The molecule has 110 valence electrons. The number of nitrogens with two attached hydrogens (primary N) is 1. The van der Waals surface area contributed by atoms with E-state index in [1.165, 1.54) is 31.6 Å². The molecule has 0 aromatic heterocycles. The van der Waals surface area contributed by atoms with Crippen LogP contribution in [0.1, 0.15) is 32.1 Å². The highest BCUT2D eigenvalue weighted by molar-refractivity contribution is 5.79. The Bertz CT molecular complexity index is 424. The normalized spacial score (nSPS) is 15.6. The smallest absolute Gasteiger partial charge is 0.139 e. The molecule has 0 atom stereocenters. The van der Waals surface area contributed by atoms with Crippen molar-refractivity contribution in [1.29, 1.82) is 0 Å². The Hall–Kier alpha value is -1.91. The molecule has 0 saturated carbocycles. The summed E-state index contributed by atoms with van der Waals surface area (Å²) in [5, 5.41) is 14.8. The maximum absolute atomic E-state index is 8.43. The summed E-state index contributed by atoms with van der Waals surface area (Å²) in [6.07, 6.45) is 5.19. The van der Waals surface area contributed by atoms with Crippen LogP contribution in [0.5, 0.6) is 0 Å². The van der Waals surface area contributed by atoms with E-state index in [0.29, 0.717) is 12.3 Å². The van der Waals surface area contributed by atoms with Gasteiger partial charge in [-0.1, -0.05) is 5.16 Å². The molecule has 0 bridgehead atoms. The predicted octanol–water partition coefficient (Wildman–Crippen LogP) is 2.62. The van der Waals surface area contributed by atoms with Crippen molar-refractivity contribution < 1.29 is 5.21 Å². The first-order valence-electron chi connectivity index (χ1n) is 7.35. The second-order valence-corrected chi connectivity index (χ2v) is 5.22. The number of rotatable bonds is 7. The SMILES string of the molecule is NC(CCCCNc1ccc(N2CCCC2)cc1)=NO. The Morgan fingerprint density at radius 2 is 1.90 bits per heavy atom. The number of nitrogens with zero attached hydrogens (tertiary/aromatic N) is 2. The van der Waals surface area contributed by atoms with Crippen molar-refractivity contribution in [2.45, 2.75) is 32.1 Å². The van der Waals surface area contributed by atoms with Gasteiger partial charge in [-0.15, -0.1) is 0 Å². The average molecular weight is 276 g/mol. The van der Waals surface area contributed by atoms with Crippen molar-refractivity contribution in [2.24, 2.45) is 10.9 Å². The van der Waals surface area contributed by atoms with Crippen molar-refractivity contribution in [3.05, 3.63) is 24.3 Å². The highest BCUT2D eigenvalue weighted by atomic mass is 16.4. The third-order valence-corrected chi connectivity index (χ3v) is 3.66. The Labute approximate surface area is 120 Å². The number of anilines is 2. The highest BCUT2D eigenvalue weighted by Gasteiger charge is 2.11. The van der Waals surface area contributed by atoms with Crippen molar-refractivity contribution in [3.63, 3.8) is 0 Å². The molecule has 1 aromatic rings. The molecule has 1 fully saturated rings. The maximum Gasteiger partial charge on any atom is 0.139 e. The topological polar surface area (TPSA) is 73.9 Å². The fraction of sp³-hybridized carbons (Fsp3) is 0.533. The van der Waals surface area contributed by atoms with Crippen LogP contribution < -0.4 is 16.0 Å².